The molecular formula is C26H27N3O4. The zero-order valence-corrected chi connectivity index (χ0v) is 18.8. The summed E-state index contributed by atoms with van der Waals surface area (Å²) in [5, 5.41) is 11.3. The number of ketones is 1. The monoisotopic (exact) mass is 445 g/mol. The van der Waals surface area contributed by atoms with Crippen molar-refractivity contribution in [2.24, 2.45) is 0 Å². The lowest BCUT2D eigenvalue weighted by molar-refractivity contribution is -0.143. The molecule has 0 unspecified atom stereocenters. The molecule has 1 atom stereocenters. The van der Waals surface area contributed by atoms with E-state index in [-0.39, 0.29) is 24.4 Å². The largest absolute Gasteiger partial charge is 0.507 e. The Bertz CT molecular complexity index is 1160. The van der Waals surface area contributed by atoms with Crippen LogP contribution in [-0.2, 0) is 19.9 Å². The molecule has 0 radical (unpaired) electrons. The zero-order valence-electron chi connectivity index (χ0n) is 18.8. The lowest BCUT2D eigenvalue weighted by Crippen LogP contribution is -2.52. The summed E-state index contributed by atoms with van der Waals surface area (Å²) < 4.78 is 0. The van der Waals surface area contributed by atoms with Crippen LogP contribution in [0.1, 0.15) is 17.5 Å². The number of carbonyl (C=O) groups is 3. The number of hydrogen-bond donors (Lipinski definition) is 1. The fraction of sp³-hybridized carbons (Fsp3) is 0.269. The van der Waals surface area contributed by atoms with Gasteiger partial charge in [-0.2, -0.15) is 0 Å². The average Bonchev–Trinajstić information content (AvgIpc) is 3.18. The van der Waals surface area contributed by atoms with Gasteiger partial charge in [0.05, 0.1) is 11.3 Å². The van der Waals surface area contributed by atoms with Gasteiger partial charge in [0.15, 0.2) is 5.54 Å². The third-order valence-electron chi connectivity index (χ3n) is 6.16. The van der Waals surface area contributed by atoms with E-state index in [0.717, 1.165) is 0 Å². The van der Waals surface area contributed by atoms with E-state index in [1.807, 2.05) is 19.0 Å². The predicted molar refractivity (Wildman–Crippen MR) is 127 cm³/mol. The Morgan fingerprint density at radius 2 is 1.73 bits per heavy atom. The van der Waals surface area contributed by atoms with E-state index in [2.05, 4.69) is 6.58 Å². The first-order valence-electron chi connectivity index (χ1n) is 10.9. The summed E-state index contributed by atoms with van der Waals surface area (Å²) in [5.41, 5.74) is -0.428. The molecule has 2 aromatic carbocycles. The van der Waals surface area contributed by atoms with Crippen LogP contribution >= 0.6 is 0 Å². The highest BCUT2D eigenvalue weighted by Gasteiger charge is 2.66. The van der Waals surface area contributed by atoms with Gasteiger partial charge in [-0.15, -0.1) is 6.58 Å². The van der Waals surface area contributed by atoms with Crippen molar-refractivity contribution in [1.82, 2.24) is 9.80 Å². The van der Waals surface area contributed by atoms with Gasteiger partial charge in [0, 0.05) is 24.2 Å². The van der Waals surface area contributed by atoms with E-state index in [0.29, 0.717) is 29.8 Å². The number of rotatable bonds is 7. The first-order chi connectivity index (χ1) is 15.9. The molecule has 7 nitrogen and oxygen atoms in total. The fourth-order valence-electron chi connectivity index (χ4n) is 4.76. The number of Topliss-reactive ketones (excluding diaryl/α,β-unsaturated/α-hetero) is 1. The number of fused-ring (bicyclic) bond motifs is 2. The Kier molecular flexibility index (Phi) is 5.91. The molecule has 170 valence electrons. The SMILES string of the molecule is C=CCN1C(=O)[C@]2(C(=C(O)c3ccccc3)C(=O)C(=O)N2CCCN(C)C)c2ccccc21. The number of benzene rings is 2. The number of carbonyl (C=O) groups excluding carboxylic acids is 3. The molecule has 0 aliphatic carbocycles. The third kappa shape index (κ3) is 3.36. The summed E-state index contributed by atoms with van der Waals surface area (Å²) >= 11 is 0. The highest BCUT2D eigenvalue weighted by Crippen LogP contribution is 2.53. The van der Waals surface area contributed by atoms with E-state index < -0.39 is 23.1 Å². The van der Waals surface area contributed by atoms with Crippen LogP contribution in [0.25, 0.3) is 5.76 Å². The van der Waals surface area contributed by atoms with Crippen molar-refractivity contribution in [3.05, 3.63) is 84.0 Å². The topological polar surface area (TPSA) is 81.2 Å². The van der Waals surface area contributed by atoms with Crippen molar-refractivity contribution in [2.75, 3.05) is 38.6 Å². The van der Waals surface area contributed by atoms with Crippen LogP contribution < -0.4 is 4.90 Å². The van der Waals surface area contributed by atoms with E-state index in [1.54, 1.807) is 60.7 Å². The maximum atomic E-state index is 14.1. The Balaban J connectivity index is 2.00. The number of aliphatic hydroxyl groups is 1. The van der Waals surface area contributed by atoms with Crippen LogP contribution in [0.15, 0.2) is 72.8 Å². The van der Waals surface area contributed by atoms with Crippen LogP contribution in [0.4, 0.5) is 5.69 Å². The first kappa shape index (κ1) is 22.5. The van der Waals surface area contributed by atoms with E-state index in [9.17, 15) is 19.5 Å². The van der Waals surface area contributed by atoms with Gasteiger partial charge >= 0.3 is 0 Å². The molecule has 7 heteroatoms. The van der Waals surface area contributed by atoms with Gasteiger partial charge in [0.1, 0.15) is 5.76 Å². The van der Waals surface area contributed by atoms with Gasteiger partial charge in [-0.05, 0) is 33.1 Å². The van der Waals surface area contributed by atoms with Gasteiger partial charge in [0.2, 0.25) is 0 Å². The quantitative estimate of drug-likeness (QED) is 0.307. The molecule has 2 aromatic rings. The van der Waals surface area contributed by atoms with Crippen molar-refractivity contribution in [1.29, 1.82) is 0 Å². The molecule has 2 heterocycles. The molecule has 1 N–H and O–H groups in total. The van der Waals surface area contributed by atoms with Crippen molar-refractivity contribution < 1.29 is 19.5 Å². The molecule has 33 heavy (non-hydrogen) atoms. The molecule has 0 saturated carbocycles. The number of anilines is 1. The number of nitrogens with zero attached hydrogens (tertiary/aromatic N) is 3. The van der Waals surface area contributed by atoms with Crippen molar-refractivity contribution in [3.63, 3.8) is 0 Å². The molecule has 2 amide bonds. The molecule has 1 saturated heterocycles. The lowest BCUT2D eigenvalue weighted by Gasteiger charge is -2.34. The van der Waals surface area contributed by atoms with E-state index in [1.165, 1.54) is 9.80 Å². The van der Waals surface area contributed by atoms with Crippen LogP contribution in [0.3, 0.4) is 0 Å². The minimum Gasteiger partial charge on any atom is -0.507 e. The van der Waals surface area contributed by atoms with Crippen LogP contribution in [0.5, 0.6) is 0 Å². The average molecular weight is 446 g/mol. The smallest absolute Gasteiger partial charge is 0.296 e. The summed E-state index contributed by atoms with van der Waals surface area (Å²) in [6.45, 7) is 4.83. The number of hydrogen-bond acceptors (Lipinski definition) is 5. The normalized spacial score (nSPS) is 21.4. The summed E-state index contributed by atoms with van der Waals surface area (Å²) in [6, 6.07) is 15.6. The summed E-state index contributed by atoms with van der Waals surface area (Å²) in [7, 11) is 3.84. The maximum absolute atomic E-state index is 14.1. The van der Waals surface area contributed by atoms with Crippen LogP contribution in [0.2, 0.25) is 0 Å². The molecule has 2 aliphatic rings. The molecule has 0 aromatic heterocycles. The van der Waals surface area contributed by atoms with Gasteiger partial charge < -0.3 is 19.8 Å². The Hall–Kier alpha value is -3.71. The fourth-order valence-corrected chi connectivity index (χ4v) is 4.76. The minimum atomic E-state index is -1.72. The predicted octanol–water partition coefficient (Wildman–Crippen LogP) is 2.75. The first-order valence-corrected chi connectivity index (χ1v) is 10.9. The molecular weight excluding hydrogens is 418 g/mol. The molecule has 2 aliphatic heterocycles. The second-order valence-corrected chi connectivity index (χ2v) is 8.46. The minimum absolute atomic E-state index is 0.187. The van der Waals surface area contributed by atoms with Gasteiger partial charge in [0.25, 0.3) is 17.6 Å². The molecule has 1 fully saturated rings. The Labute approximate surface area is 193 Å². The van der Waals surface area contributed by atoms with Gasteiger partial charge in [-0.3, -0.25) is 14.4 Å². The maximum Gasteiger partial charge on any atom is 0.296 e. The lowest BCUT2D eigenvalue weighted by atomic mass is 9.82. The molecule has 4 rings (SSSR count). The van der Waals surface area contributed by atoms with Gasteiger partial charge in [-0.25, -0.2) is 0 Å². The standard InChI is InChI=1S/C26H27N3O4/c1-4-15-28-20-14-9-8-13-19(20)26(25(28)33)21(22(30)18-11-6-5-7-12-18)23(31)24(32)29(26)17-10-16-27(2)3/h4-9,11-14,30H,1,10,15-17H2,2-3H3/t26-/m1/s1. The summed E-state index contributed by atoms with van der Waals surface area (Å²) in [5.74, 6) is -2.43. The number of para-hydroxylation sites is 1. The highest BCUT2D eigenvalue weighted by atomic mass is 16.3. The zero-order chi connectivity index (χ0) is 23.8. The van der Waals surface area contributed by atoms with Crippen LogP contribution in [-0.4, -0.2) is 66.2 Å². The highest BCUT2D eigenvalue weighted by molar-refractivity contribution is 6.50. The third-order valence-corrected chi connectivity index (χ3v) is 6.16. The number of amides is 2. The van der Waals surface area contributed by atoms with Crippen molar-refractivity contribution >= 4 is 29.0 Å². The second kappa shape index (κ2) is 8.67. The van der Waals surface area contributed by atoms with Crippen LogP contribution in [0, 0.1) is 0 Å². The summed E-state index contributed by atoms with van der Waals surface area (Å²) in [6.07, 6.45) is 2.16. The summed E-state index contributed by atoms with van der Waals surface area (Å²) in [4.78, 5) is 45.7. The van der Waals surface area contributed by atoms with Gasteiger partial charge in [-0.1, -0.05) is 54.6 Å². The number of aliphatic hydroxyl groups excluding tert-OH is 1. The van der Waals surface area contributed by atoms with E-state index >= 15 is 0 Å². The molecule has 0 bridgehead atoms. The van der Waals surface area contributed by atoms with E-state index in [4.69, 9.17) is 0 Å². The Morgan fingerprint density at radius 3 is 2.39 bits per heavy atom. The molecule has 1 spiro atoms. The number of likely N-dealkylation sites (tertiary alicyclic amines) is 1. The Morgan fingerprint density at radius 1 is 1.06 bits per heavy atom. The van der Waals surface area contributed by atoms with Crippen molar-refractivity contribution in [3.8, 4) is 0 Å². The van der Waals surface area contributed by atoms with Crippen molar-refractivity contribution in [2.45, 2.75) is 12.0 Å². The second-order valence-electron chi connectivity index (χ2n) is 8.46.